The molecular formula is C17H18N2O5S. The van der Waals surface area contributed by atoms with E-state index in [0.29, 0.717) is 18.5 Å². The summed E-state index contributed by atoms with van der Waals surface area (Å²) in [7, 11) is -3.85. The SMILES string of the molecule is O=C(O)c1ccc(S(=O)(=O)NC(c2ccccn2)C2CC(O)C2)cc1. The predicted molar refractivity (Wildman–Crippen MR) is 89.4 cm³/mol. The molecule has 1 aromatic carbocycles. The summed E-state index contributed by atoms with van der Waals surface area (Å²) in [5.74, 6) is -1.16. The van der Waals surface area contributed by atoms with Gasteiger partial charge < -0.3 is 10.2 Å². The highest BCUT2D eigenvalue weighted by atomic mass is 32.2. The molecule has 8 heteroatoms. The van der Waals surface area contributed by atoms with E-state index in [2.05, 4.69) is 9.71 Å². The number of hydrogen-bond acceptors (Lipinski definition) is 5. The number of carbonyl (C=O) groups is 1. The smallest absolute Gasteiger partial charge is 0.335 e. The first-order chi connectivity index (χ1) is 11.9. The van der Waals surface area contributed by atoms with Crippen LogP contribution in [0.25, 0.3) is 0 Å². The Balaban J connectivity index is 1.86. The molecular weight excluding hydrogens is 344 g/mol. The lowest BCUT2D eigenvalue weighted by atomic mass is 9.76. The monoisotopic (exact) mass is 362 g/mol. The van der Waals surface area contributed by atoms with E-state index in [4.69, 9.17) is 5.11 Å². The molecule has 132 valence electrons. The van der Waals surface area contributed by atoms with Crippen molar-refractivity contribution in [1.29, 1.82) is 0 Å². The number of carboxylic acids is 1. The number of benzene rings is 1. The molecule has 25 heavy (non-hydrogen) atoms. The summed E-state index contributed by atoms with van der Waals surface area (Å²) < 4.78 is 28.0. The zero-order valence-corrected chi connectivity index (χ0v) is 14.1. The van der Waals surface area contributed by atoms with Crippen LogP contribution in [0.4, 0.5) is 0 Å². The van der Waals surface area contributed by atoms with Gasteiger partial charge in [-0.3, -0.25) is 4.98 Å². The Labute approximate surface area is 145 Å². The van der Waals surface area contributed by atoms with E-state index in [0.717, 1.165) is 0 Å². The van der Waals surface area contributed by atoms with Crippen LogP contribution in [0, 0.1) is 5.92 Å². The molecule has 3 N–H and O–H groups in total. The van der Waals surface area contributed by atoms with Crippen molar-refractivity contribution in [1.82, 2.24) is 9.71 Å². The summed E-state index contributed by atoms with van der Waals surface area (Å²) in [6, 6.07) is 9.74. The van der Waals surface area contributed by atoms with Gasteiger partial charge in [-0.25, -0.2) is 17.9 Å². The number of nitrogens with one attached hydrogen (secondary N) is 1. The molecule has 1 unspecified atom stereocenters. The van der Waals surface area contributed by atoms with Gasteiger partial charge in [-0.1, -0.05) is 6.07 Å². The molecule has 1 heterocycles. The molecule has 0 amide bonds. The van der Waals surface area contributed by atoms with Gasteiger partial charge in [-0.15, -0.1) is 0 Å². The number of carboxylic acid groups (broad SMARTS) is 1. The number of pyridine rings is 1. The van der Waals surface area contributed by atoms with Crippen molar-refractivity contribution in [2.75, 3.05) is 0 Å². The molecule has 7 nitrogen and oxygen atoms in total. The first-order valence-electron chi connectivity index (χ1n) is 7.81. The minimum absolute atomic E-state index is 0.0155. The molecule has 1 aliphatic rings. The lowest BCUT2D eigenvalue weighted by Crippen LogP contribution is -2.41. The quantitative estimate of drug-likeness (QED) is 0.718. The first-order valence-corrected chi connectivity index (χ1v) is 9.30. The molecule has 3 rings (SSSR count). The van der Waals surface area contributed by atoms with E-state index < -0.39 is 28.1 Å². The van der Waals surface area contributed by atoms with E-state index in [1.807, 2.05) is 0 Å². The van der Waals surface area contributed by atoms with E-state index in [9.17, 15) is 18.3 Å². The average molecular weight is 362 g/mol. The lowest BCUT2D eigenvalue weighted by Gasteiger charge is -2.37. The number of sulfonamides is 1. The maximum Gasteiger partial charge on any atom is 0.335 e. The largest absolute Gasteiger partial charge is 0.478 e. The molecule has 2 aromatic rings. The molecule has 1 fully saturated rings. The Bertz CT molecular complexity index is 846. The molecule has 0 bridgehead atoms. The minimum Gasteiger partial charge on any atom is -0.478 e. The molecule has 0 aliphatic heterocycles. The second kappa shape index (κ2) is 6.91. The van der Waals surface area contributed by atoms with Crippen LogP contribution in [-0.4, -0.2) is 35.7 Å². The normalized spacial score (nSPS) is 21.3. The van der Waals surface area contributed by atoms with Crippen LogP contribution in [0.1, 0.15) is 34.9 Å². The third-order valence-electron chi connectivity index (χ3n) is 4.32. The first kappa shape index (κ1) is 17.5. The predicted octanol–water partition coefficient (Wildman–Crippen LogP) is 1.57. The van der Waals surface area contributed by atoms with Crippen LogP contribution in [0.2, 0.25) is 0 Å². The van der Waals surface area contributed by atoms with Crippen molar-refractivity contribution in [3.05, 3.63) is 59.9 Å². The molecule has 0 spiro atoms. The maximum absolute atomic E-state index is 12.7. The Morgan fingerprint density at radius 1 is 1.16 bits per heavy atom. The third-order valence-corrected chi connectivity index (χ3v) is 5.78. The van der Waals surface area contributed by atoms with Gasteiger partial charge in [0.25, 0.3) is 0 Å². The van der Waals surface area contributed by atoms with Crippen LogP contribution in [0.3, 0.4) is 0 Å². The van der Waals surface area contributed by atoms with Crippen LogP contribution in [0.5, 0.6) is 0 Å². The fraction of sp³-hybridized carbons (Fsp3) is 0.294. The highest BCUT2D eigenvalue weighted by molar-refractivity contribution is 7.89. The van der Waals surface area contributed by atoms with E-state index in [-0.39, 0.29) is 16.4 Å². The van der Waals surface area contributed by atoms with E-state index in [1.165, 1.54) is 24.3 Å². The fourth-order valence-corrected chi connectivity index (χ4v) is 4.15. The zero-order chi connectivity index (χ0) is 18.0. The van der Waals surface area contributed by atoms with Crippen molar-refractivity contribution in [3.8, 4) is 0 Å². The molecule has 1 aliphatic carbocycles. The van der Waals surface area contributed by atoms with Gasteiger partial charge in [-0.2, -0.15) is 0 Å². The van der Waals surface area contributed by atoms with E-state index in [1.54, 1.807) is 24.4 Å². The highest BCUT2D eigenvalue weighted by Gasteiger charge is 2.37. The lowest BCUT2D eigenvalue weighted by molar-refractivity contribution is 0.0273. The molecule has 1 atom stereocenters. The number of hydrogen-bond donors (Lipinski definition) is 3. The number of aliphatic hydroxyl groups excluding tert-OH is 1. The summed E-state index contributed by atoms with van der Waals surface area (Å²) in [5, 5.41) is 18.5. The van der Waals surface area contributed by atoms with Crippen molar-refractivity contribution in [2.45, 2.75) is 29.9 Å². The molecule has 0 radical (unpaired) electrons. The number of aliphatic hydroxyl groups is 1. The van der Waals surface area contributed by atoms with Gasteiger partial charge in [0.1, 0.15) is 0 Å². The Morgan fingerprint density at radius 2 is 1.84 bits per heavy atom. The molecule has 1 aromatic heterocycles. The van der Waals surface area contributed by atoms with Gasteiger partial charge in [0.2, 0.25) is 10.0 Å². The van der Waals surface area contributed by atoms with Gasteiger partial charge in [0.15, 0.2) is 0 Å². The second-order valence-corrected chi connectivity index (χ2v) is 7.78. The van der Waals surface area contributed by atoms with Crippen molar-refractivity contribution < 1.29 is 23.4 Å². The zero-order valence-electron chi connectivity index (χ0n) is 13.2. The van der Waals surface area contributed by atoms with Crippen molar-refractivity contribution >= 4 is 16.0 Å². The Morgan fingerprint density at radius 3 is 2.36 bits per heavy atom. The summed E-state index contributed by atoms with van der Waals surface area (Å²) >= 11 is 0. The standard InChI is InChI=1S/C17H18N2O5S/c20-13-9-12(10-13)16(15-3-1-2-8-18-15)19-25(23,24)14-6-4-11(5-7-14)17(21)22/h1-8,12-13,16,19-20H,9-10H2,(H,21,22). The Kier molecular flexibility index (Phi) is 4.85. The summed E-state index contributed by atoms with van der Waals surface area (Å²) in [4.78, 5) is 15.1. The van der Waals surface area contributed by atoms with Gasteiger partial charge in [-0.05, 0) is 55.2 Å². The summed E-state index contributed by atoms with van der Waals surface area (Å²) in [6.07, 6.45) is 2.17. The molecule has 0 saturated heterocycles. The van der Waals surface area contributed by atoms with Crippen molar-refractivity contribution in [2.24, 2.45) is 5.92 Å². The second-order valence-electron chi connectivity index (χ2n) is 6.07. The maximum atomic E-state index is 12.7. The summed E-state index contributed by atoms with van der Waals surface area (Å²) in [5.41, 5.74) is 0.604. The Hall–Kier alpha value is -2.29. The number of aromatic nitrogens is 1. The number of nitrogens with zero attached hydrogens (tertiary/aromatic N) is 1. The van der Waals surface area contributed by atoms with Gasteiger partial charge in [0.05, 0.1) is 28.3 Å². The molecule has 1 saturated carbocycles. The topological polar surface area (TPSA) is 117 Å². The van der Waals surface area contributed by atoms with Crippen LogP contribution in [0.15, 0.2) is 53.6 Å². The van der Waals surface area contributed by atoms with Gasteiger partial charge in [0, 0.05) is 6.20 Å². The minimum atomic E-state index is -3.85. The third kappa shape index (κ3) is 3.87. The fourth-order valence-electron chi connectivity index (χ4n) is 2.87. The average Bonchev–Trinajstić information content (AvgIpc) is 2.58. The summed E-state index contributed by atoms with van der Waals surface area (Å²) in [6.45, 7) is 0. The highest BCUT2D eigenvalue weighted by Crippen LogP contribution is 2.38. The number of rotatable bonds is 6. The van der Waals surface area contributed by atoms with Crippen LogP contribution in [-0.2, 0) is 10.0 Å². The van der Waals surface area contributed by atoms with Crippen LogP contribution >= 0.6 is 0 Å². The van der Waals surface area contributed by atoms with Crippen molar-refractivity contribution in [3.63, 3.8) is 0 Å². The van der Waals surface area contributed by atoms with E-state index >= 15 is 0 Å². The number of aromatic carboxylic acids is 1. The van der Waals surface area contributed by atoms with Gasteiger partial charge >= 0.3 is 5.97 Å². The van der Waals surface area contributed by atoms with Crippen LogP contribution < -0.4 is 4.72 Å².